The molecule has 1 aromatic rings. The van der Waals surface area contributed by atoms with Gasteiger partial charge in [-0.15, -0.1) is 0 Å². The van der Waals surface area contributed by atoms with Gasteiger partial charge in [0.2, 0.25) is 0 Å². The Morgan fingerprint density at radius 2 is 1.94 bits per heavy atom. The summed E-state index contributed by atoms with van der Waals surface area (Å²) in [5.74, 6) is 2.32. The number of aryl methyl sites for hydroxylation is 1. The maximum absolute atomic E-state index is 9.50. The minimum absolute atomic E-state index is 0.153. The second-order valence-corrected chi connectivity index (χ2v) is 10.3. The third-order valence-corrected chi connectivity index (χ3v) is 8.32. The van der Waals surface area contributed by atoms with Crippen molar-refractivity contribution in [3.05, 3.63) is 46.5 Å². The standard InChI is InChI=1S/C27H41NO3/c1-27-12-10-24-23-7-4-20(19-29)18-21(23)5-8-25(24)26(27)9-6-22(27)11-14-30-16-17-31-15-13-28(2)3/h4,7,11,18,24-26,29H,5-6,8-10,12-17,19H2,1-3H3/t24-,25-,26+,27-/m1/s1. The summed E-state index contributed by atoms with van der Waals surface area (Å²) < 4.78 is 11.5. The lowest BCUT2D eigenvalue weighted by molar-refractivity contribution is 0.0512. The van der Waals surface area contributed by atoms with Gasteiger partial charge in [-0.3, -0.25) is 0 Å². The van der Waals surface area contributed by atoms with E-state index in [9.17, 15) is 5.11 Å². The van der Waals surface area contributed by atoms with Crippen LogP contribution in [-0.4, -0.2) is 57.1 Å². The summed E-state index contributed by atoms with van der Waals surface area (Å²) in [6.45, 7) is 6.48. The van der Waals surface area contributed by atoms with Gasteiger partial charge in [0, 0.05) is 6.54 Å². The molecule has 3 aliphatic rings. The average molecular weight is 428 g/mol. The number of allylic oxidation sites excluding steroid dienone is 1. The lowest BCUT2D eigenvalue weighted by Gasteiger charge is -2.49. The van der Waals surface area contributed by atoms with E-state index in [-0.39, 0.29) is 6.61 Å². The summed E-state index contributed by atoms with van der Waals surface area (Å²) in [5.41, 5.74) is 6.13. The maximum Gasteiger partial charge on any atom is 0.0704 e. The molecule has 0 aromatic heterocycles. The molecular weight excluding hydrogens is 386 g/mol. The predicted molar refractivity (Wildman–Crippen MR) is 125 cm³/mol. The third kappa shape index (κ3) is 4.93. The van der Waals surface area contributed by atoms with Crippen LogP contribution >= 0.6 is 0 Å². The Morgan fingerprint density at radius 3 is 2.74 bits per heavy atom. The van der Waals surface area contributed by atoms with Gasteiger partial charge in [-0.2, -0.15) is 0 Å². The fourth-order valence-corrected chi connectivity index (χ4v) is 6.63. The average Bonchev–Trinajstić information content (AvgIpc) is 3.11. The van der Waals surface area contributed by atoms with Gasteiger partial charge in [-0.1, -0.05) is 36.8 Å². The van der Waals surface area contributed by atoms with E-state index in [0.717, 1.165) is 37.2 Å². The number of hydrogen-bond acceptors (Lipinski definition) is 4. The Bertz CT molecular complexity index is 774. The lowest BCUT2D eigenvalue weighted by Crippen LogP contribution is -2.40. The number of aliphatic hydroxyl groups is 1. The van der Waals surface area contributed by atoms with Crippen LogP contribution < -0.4 is 0 Å². The van der Waals surface area contributed by atoms with Crippen molar-refractivity contribution in [1.82, 2.24) is 4.90 Å². The first-order valence-electron chi connectivity index (χ1n) is 12.2. The minimum Gasteiger partial charge on any atom is -0.392 e. The number of benzene rings is 1. The molecule has 2 saturated carbocycles. The van der Waals surface area contributed by atoms with Crippen LogP contribution in [0.4, 0.5) is 0 Å². The summed E-state index contributed by atoms with van der Waals surface area (Å²) in [6, 6.07) is 6.71. The van der Waals surface area contributed by atoms with E-state index >= 15 is 0 Å². The lowest BCUT2D eigenvalue weighted by atomic mass is 9.55. The number of likely N-dealkylation sites (N-methyl/N-ethyl adjacent to an activating group) is 1. The van der Waals surface area contributed by atoms with Gasteiger partial charge in [-0.05, 0) is 92.5 Å². The molecule has 0 saturated heterocycles. The van der Waals surface area contributed by atoms with Gasteiger partial charge in [0.1, 0.15) is 0 Å². The van der Waals surface area contributed by atoms with E-state index < -0.39 is 0 Å². The first-order valence-corrected chi connectivity index (χ1v) is 12.2. The van der Waals surface area contributed by atoms with Crippen LogP contribution in [0.25, 0.3) is 0 Å². The summed E-state index contributed by atoms with van der Waals surface area (Å²) in [4.78, 5) is 2.13. The highest BCUT2D eigenvalue weighted by Gasteiger charge is 2.52. The molecule has 31 heavy (non-hydrogen) atoms. The van der Waals surface area contributed by atoms with Crippen molar-refractivity contribution in [2.45, 2.75) is 58.0 Å². The molecule has 4 rings (SSSR count). The highest BCUT2D eigenvalue weighted by atomic mass is 16.5. The van der Waals surface area contributed by atoms with E-state index in [1.54, 1.807) is 11.1 Å². The van der Waals surface area contributed by atoms with Crippen molar-refractivity contribution in [1.29, 1.82) is 0 Å². The second-order valence-electron chi connectivity index (χ2n) is 10.3. The van der Waals surface area contributed by atoms with Crippen molar-refractivity contribution >= 4 is 0 Å². The van der Waals surface area contributed by atoms with Gasteiger partial charge in [-0.25, -0.2) is 0 Å². The van der Waals surface area contributed by atoms with Crippen LogP contribution in [0.1, 0.15) is 61.6 Å². The molecule has 0 unspecified atom stereocenters. The third-order valence-electron chi connectivity index (χ3n) is 8.32. The van der Waals surface area contributed by atoms with E-state index in [4.69, 9.17) is 9.47 Å². The number of fused-ring (bicyclic) bond motifs is 5. The number of ether oxygens (including phenoxy) is 2. The van der Waals surface area contributed by atoms with Crippen LogP contribution in [0, 0.1) is 17.3 Å². The van der Waals surface area contributed by atoms with Gasteiger partial charge >= 0.3 is 0 Å². The summed E-state index contributed by atoms with van der Waals surface area (Å²) in [7, 11) is 4.13. The van der Waals surface area contributed by atoms with Crippen LogP contribution in [-0.2, 0) is 22.5 Å². The highest BCUT2D eigenvalue weighted by Crippen LogP contribution is 2.62. The molecule has 0 aliphatic heterocycles. The fraction of sp³-hybridized carbons (Fsp3) is 0.704. The SMILES string of the molecule is CN(C)CCOCCOCC=C1CC[C@H]2[C@@H]3CCc4cc(CO)ccc4[C@H]3CC[C@]12C. The fourth-order valence-electron chi connectivity index (χ4n) is 6.63. The molecule has 4 nitrogen and oxygen atoms in total. The maximum atomic E-state index is 9.50. The van der Waals surface area contributed by atoms with Crippen molar-refractivity contribution in [3.63, 3.8) is 0 Å². The van der Waals surface area contributed by atoms with Gasteiger partial charge in [0.15, 0.2) is 0 Å². The van der Waals surface area contributed by atoms with Gasteiger partial charge in [0.25, 0.3) is 0 Å². The number of aliphatic hydroxyl groups excluding tert-OH is 1. The van der Waals surface area contributed by atoms with Crippen LogP contribution in [0.3, 0.4) is 0 Å². The van der Waals surface area contributed by atoms with Crippen LogP contribution in [0.5, 0.6) is 0 Å². The molecule has 4 heteroatoms. The first kappa shape index (κ1) is 23.0. The van der Waals surface area contributed by atoms with Gasteiger partial charge in [0.05, 0.1) is 33.0 Å². The number of rotatable bonds is 9. The van der Waals surface area contributed by atoms with E-state index in [0.29, 0.717) is 24.5 Å². The molecule has 0 amide bonds. The molecule has 0 spiro atoms. The summed E-state index contributed by atoms with van der Waals surface area (Å²) in [6.07, 6.45) is 10.0. The quantitative estimate of drug-likeness (QED) is 0.463. The summed E-state index contributed by atoms with van der Waals surface area (Å²) in [5, 5.41) is 9.50. The number of nitrogens with zero attached hydrogens (tertiary/aromatic N) is 1. The molecule has 1 N–H and O–H groups in total. The molecule has 1 aromatic carbocycles. The first-order chi connectivity index (χ1) is 15.0. The molecular formula is C27H41NO3. The van der Waals surface area contributed by atoms with E-state index in [1.807, 2.05) is 0 Å². The highest BCUT2D eigenvalue weighted by molar-refractivity contribution is 5.39. The zero-order chi connectivity index (χ0) is 21.8. The molecule has 2 fully saturated rings. The zero-order valence-electron chi connectivity index (χ0n) is 19.7. The van der Waals surface area contributed by atoms with Crippen molar-refractivity contribution in [3.8, 4) is 0 Å². The van der Waals surface area contributed by atoms with Gasteiger partial charge < -0.3 is 19.5 Å². The van der Waals surface area contributed by atoms with Crippen molar-refractivity contribution in [2.75, 3.05) is 47.1 Å². The molecule has 0 heterocycles. The monoisotopic (exact) mass is 427 g/mol. The Balaban J connectivity index is 1.32. The number of hydrogen-bond donors (Lipinski definition) is 1. The predicted octanol–water partition coefficient (Wildman–Crippen LogP) is 4.56. The van der Waals surface area contributed by atoms with E-state index in [1.165, 1.54) is 44.1 Å². The minimum atomic E-state index is 0.153. The molecule has 0 bridgehead atoms. The topological polar surface area (TPSA) is 41.9 Å². The smallest absolute Gasteiger partial charge is 0.0704 e. The normalized spacial score (nSPS) is 31.0. The Labute approximate surface area is 188 Å². The van der Waals surface area contributed by atoms with Crippen LogP contribution in [0.15, 0.2) is 29.8 Å². The summed E-state index contributed by atoms with van der Waals surface area (Å²) >= 11 is 0. The molecule has 3 aliphatic carbocycles. The molecule has 172 valence electrons. The largest absolute Gasteiger partial charge is 0.392 e. The van der Waals surface area contributed by atoms with Crippen molar-refractivity contribution < 1.29 is 14.6 Å². The molecule has 0 radical (unpaired) electrons. The molecule has 4 atom stereocenters. The van der Waals surface area contributed by atoms with Crippen molar-refractivity contribution in [2.24, 2.45) is 17.3 Å². The second kappa shape index (κ2) is 10.2. The zero-order valence-corrected chi connectivity index (χ0v) is 19.7. The van der Waals surface area contributed by atoms with Crippen LogP contribution in [0.2, 0.25) is 0 Å². The Morgan fingerprint density at radius 1 is 1.10 bits per heavy atom. The Hall–Kier alpha value is -1.20. The Kier molecular flexibility index (Phi) is 7.53. The van der Waals surface area contributed by atoms with E-state index in [2.05, 4.69) is 50.2 Å².